The third-order valence-corrected chi connectivity index (χ3v) is 4.02. The van der Waals surface area contributed by atoms with Crippen LogP contribution in [0.15, 0.2) is 53.1 Å². The van der Waals surface area contributed by atoms with E-state index in [1.54, 1.807) is 24.3 Å². The van der Waals surface area contributed by atoms with Crippen LogP contribution in [0.2, 0.25) is 0 Å². The SMILES string of the molecule is O=C(CN1C(=O)COc2ccccc21)OCc1noc(-c2ccc(F)cc2)n1. The lowest BCUT2D eigenvalue weighted by Crippen LogP contribution is -2.42. The summed E-state index contributed by atoms with van der Waals surface area (Å²) >= 11 is 0. The number of carbonyl (C=O) groups is 2. The van der Waals surface area contributed by atoms with E-state index in [-0.39, 0.29) is 43.2 Å². The number of aromatic nitrogens is 2. The van der Waals surface area contributed by atoms with Crippen molar-refractivity contribution in [2.45, 2.75) is 6.61 Å². The smallest absolute Gasteiger partial charge is 0.326 e. The quantitative estimate of drug-likeness (QED) is 0.624. The lowest BCUT2D eigenvalue weighted by Gasteiger charge is -2.28. The van der Waals surface area contributed by atoms with Crippen LogP contribution in [-0.4, -0.2) is 35.2 Å². The van der Waals surface area contributed by atoms with E-state index >= 15 is 0 Å². The molecule has 0 bridgehead atoms. The zero-order chi connectivity index (χ0) is 19.5. The summed E-state index contributed by atoms with van der Waals surface area (Å²) in [5.74, 6) is -0.481. The molecule has 3 aromatic rings. The molecule has 9 heteroatoms. The number of hydrogen-bond donors (Lipinski definition) is 0. The van der Waals surface area contributed by atoms with Crippen LogP contribution in [0, 0.1) is 5.82 Å². The van der Waals surface area contributed by atoms with Gasteiger partial charge in [-0.2, -0.15) is 4.98 Å². The summed E-state index contributed by atoms with van der Waals surface area (Å²) in [5.41, 5.74) is 1.05. The Labute approximate surface area is 158 Å². The first-order valence-corrected chi connectivity index (χ1v) is 8.36. The summed E-state index contributed by atoms with van der Waals surface area (Å²) in [6.07, 6.45) is 0. The molecule has 8 nitrogen and oxygen atoms in total. The Balaban J connectivity index is 1.38. The zero-order valence-corrected chi connectivity index (χ0v) is 14.5. The van der Waals surface area contributed by atoms with Gasteiger partial charge in [0.1, 0.15) is 18.1 Å². The minimum atomic E-state index is -0.627. The van der Waals surface area contributed by atoms with E-state index in [1.165, 1.54) is 29.2 Å². The summed E-state index contributed by atoms with van der Waals surface area (Å²) in [5, 5.41) is 3.73. The highest BCUT2D eigenvalue weighted by atomic mass is 19.1. The number of fused-ring (bicyclic) bond motifs is 1. The minimum absolute atomic E-state index is 0.143. The Morgan fingerprint density at radius 1 is 1.18 bits per heavy atom. The van der Waals surface area contributed by atoms with Crippen LogP contribution in [0.25, 0.3) is 11.5 Å². The molecule has 0 aliphatic carbocycles. The molecule has 2 aromatic carbocycles. The molecule has 1 aliphatic rings. The van der Waals surface area contributed by atoms with Gasteiger partial charge >= 0.3 is 5.97 Å². The highest BCUT2D eigenvalue weighted by molar-refractivity contribution is 6.01. The summed E-state index contributed by atoms with van der Waals surface area (Å²) in [6.45, 7) is -0.623. The number of anilines is 1. The number of amides is 1. The molecule has 0 spiro atoms. The first-order valence-electron chi connectivity index (χ1n) is 8.36. The highest BCUT2D eigenvalue weighted by Gasteiger charge is 2.27. The van der Waals surface area contributed by atoms with Gasteiger partial charge in [-0.3, -0.25) is 14.5 Å². The number of benzene rings is 2. The van der Waals surface area contributed by atoms with Crippen molar-refractivity contribution in [1.82, 2.24) is 10.1 Å². The summed E-state index contributed by atoms with van der Waals surface area (Å²) in [4.78, 5) is 29.7. The van der Waals surface area contributed by atoms with E-state index in [1.807, 2.05) is 0 Å². The molecule has 0 N–H and O–H groups in total. The van der Waals surface area contributed by atoms with Gasteiger partial charge in [-0.25, -0.2) is 4.39 Å². The molecule has 1 amide bonds. The van der Waals surface area contributed by atoms with E-state index in [0.717, 1.165) is 0 Å². The van der Waals surface area contributed by atoms with Crippen molar-refractivity contribution >= 4 is 17.6 Å². The molecule has 0 radical (unpaired) electrons. The van der Waals surface area contributed by atoms with Crippen LogP contribution in [0.3, 0.4) is 0 Å². The first-order chi connectivity index (χ1) is 13.6. The molecule has 0 fully saturated rings. The highest BCUT2D eigenvalue weighted by Crippen LogP contribution is 2.31. The summed E-state index contributed by atoms with van der Waals surface area (Å²) in [7, 11) is 0. The molecule has 0 saturated heterocycles. The number of para-hydroxylation sites is 2. The fraction of sp³-hybridized carbons (Fsp3) is 0.158. The molecule has 0 unspecified atom stereocenters. The van der Waals surface area contributed by atoms with Crippen LogP contribution in [0.5, 0.6) is 5.75 Å². The van der Waals surface area contributed by atoms with Gasteiger partial charge in [0.25, 0.3) is 11.8 Å². The number of carbonyl (C=O) groups excluding carboxylic acids is 2. The van der Waals surface area contributed by atoms with E-state index < -0.39 is 5.97 Å². The second-order valence-corrected chi connectivity index (χ2v) is 5.92. The van der Waals surface area contributed by atoms with Gasteiger partial charge in [0.15, 0.2) is 13.2 Å². The topological polar surface area (TPSA) is 94.8 Å². The number of nitrogens with zero attached hydrogens (tertiary/aromatic N) is 3. The van der Waals surface area contributed by atoms with Crippen molar-refractivity contribution in [2.75, 3.05) is 18.1 Å². The fourth-order valence-electron chi connectivity index (χ4n) is 2.67. The molecule has 0 atom stereocenters. The fourth-order valence-corrected chi connectivity index (χ4v) is 2.67. The number of hydrogen-bond acceptors (Lipinski definition) is 7. The van der Waals surface area contributed by atoms with Crippen molar-refractivity contribution in [3.8, 4) is 17.2 Å². The van der Waals surface area contributed by atoms with Gasteiger partial charge in [0.2, 0.25) is 5.82 Å². The largest absolute Gasteiger partial charge is 0.482 e. The van der Waals surface area contributed by atoms with Crippen molar-refractivity contribution in [1.29, 1.82) is 0 Å². The first kappa shape index (κ1) is 17.7. The van der Waals surface area contributed by atoms with Crippen molar-refractivity contribution in [3.63, 3.8) is 0 Å². The van der Waals surface area contributed by atoms with Crippen LogP contribution < -0.4 is 9.64 Å². The third kappa shape index (κ3) is 3.68. The lowest BCUT2D eigenvalue weighted by atomic mass is 10.2. The molecule has 28 heavy (non-hydrogen) atoms. The van der Waals surface area contributed by atoms with E-state index in [4.69, 9.17) is 14.0 Å². The van der Waals surface area contributed by atoms with Crippen LogP contribution >= 0.6 is 0 Å². The monoisotopic (exact) mass is 383 g/mol. The molecule has 0 saturated carbocycles. The second-order valence-electron chi connectivity index (χ2n) is 5.92. The van der Waals surface area contributed by atoms with Crippen LogP contribution in [0.1, 0.15) is 5.82 Å². The summed E-state index contributed by atoms with van der Waals surface area (Å²) in [6, 6.07) is 12.5. The minimum Gasteiger partial charge on any atom is -0.482 e. The number of esters is 1. The van der Waals surface area contributed by atoms with Crippen LogP contribution in [0.4, 0.5) is 10.1 Å². The molecular weight excluding hydrogens is 369 g/mol. The maximum Gasteiger partial charge on any atom is 0.326 e. The maximum atomic E-state index is 13.0. The van der Waals surface area contributed by atoms with Crippen molar-refractivity contribution in [3.05, 3.63) is 60.2 Å². The summed E-state index contributed by atoms with van der Waals surface area (Å²) < 4.78 is 28.5. The molecule has 1 aromatic heterocycles. The Morgan fingerprint density at radius 3 is 2.79 bits per heavy atom. The number of rotatable bonds is 5. The lowest BCUT2D eigenvalue weighted by molar-refractivity contribution is -0.144. The molecule has 1 aliphatic heterocycles. The van der Waals surface area contributed by atoms with E-state index in [2.05, 4.69) is 10.1 Å². The number of ether oxygens (including phenoxy) is 2. The Morgan fingerprint density at radius 2 is 1.96 bits per heavy atom. The third-order valence-electron chi connectivity index (χ3n) is 4.02. The second kappa shape index (κ2) is 7.47. The zero-order valence-electron chi connectivity index (χ0n) is 14.5. The predicted octanol–water partition coefficient (Wildman–Crippen LogP) is 2.34. The average molecular weight is 383 g/mol. The molecule has 142 valence electrons. The van der Waals surface area contributed by atoms with Crippen molar-refractivity contribution in [2.24, 2.45) is 0 Å². The van der Waals surface area contributed by atoms with E-state index in [9.17, 15) is 14.0 Å². The number of halogens is 1. The van der Waals surface area contributed by atoms with E-state index in [0.29, 0.717) is 17.0 Å². The molecule has 2 heterocycles. The normalized spacial score (nSPS) is 13.0. The predicted molar refractivity (Wildman–Crippen MR) is 93.8 cm³/mol. The van der Waals surface area contributed by atoms with Gasteiger partial charge < -0.3 is 14.0 Å². The average Bonchev–Trinajstić information content (AvgIpc) is 3.18. The van der Waals surface area contributed by atoms with Gasteiger partial charge in [-0.15, -0.1) is 0 Å². The Hall–Kier alpha value is -3.75. The van der Waals surface area contributed by atoms with Gasteiger partial charge in [-0.1, -0.05) is 17.3 Å². The molecule has 4 rings (SSSR count). The molecular formula is C19H14FN3O5. The van der Waals surface area contributed by atoms with Gasteiger partial charge in [0.05, 0.1) is 5.69 Å². The van der Waals surface area contributed by atoms with Gasteiger partial charge in [-0.05, 0) is 36.4 Å². The van der Waals surface area contributed by atoms with Crippen molar-refractivity contribution < 1.29 is 28.0 Å². The van der Waals surface area contributed by atoms with Gasteiger partial charge in [0, 0.05) is 5.56 Å². The Kier molecular flexibility index (Phi) is 4.71. The Bertz CT molecular complexity index is 1020. The maximum absolute atomic E-state index is 13.0. The standard InChI is InChI=1S/C19H14FN3O5/c20-13-7-5-12(6-8-13)19-21-16(22-28-19)10-27-18(25)9-23-14-3-1-2-4-15(14)26-11-17(23)24/h1-8H,9-11H2. The van der Waals surface area contributed by atoms with Crippen LogP contribution in [-0.2, 0) is 20.9 Å².